The summed E-state index contributed by atoms with van der Waals surface area (Å²) < 4.78 is 26.6. The van der Waals surface area contributed by atoms with Crippen LogP contribution in [0.3, 0.4) is 0 Å². The van der Waals surface area contributed by atoms with Crippen molar-refractivity contribution in [2.45, 2.75) is 0 Å². The Labute approximate surface area is 103 Å². The molecule has 0 spiro atoms. The lowest BCUT2D eigenvalue weighted by atomic mass is 10.1. The SMILES string of the molecule is Fc1ccc(-c2ncnc(Cl)c2Br)c(F)c1. The Hall–Kier alpha value is -1.07. The smallest absolute Gasteiger partial charge is 0.147 e. The van der Waals surface area contributed by atoms with Gasteiger partial charge in [-0.1, -0.05) is 11.6 Å². The third kappa shape index (κ3) is 2.05. The standard InChI is InChI=1S/C10H4BrClF2N2/c11-8-9(15-4-16-10(8)12)6-2-1-5(13)3-7(6)14/h1-4H. The van der Waals surface area contributed by atoms with E-state index >= 15 is 0 Å². The van der Waals surface area contributed by atoms with E-state index in [-0.39, 0.29) is 16.4 Å². The Bertz CT molecular complexity index is 548. The number of benzene rings is 1. The lowest BCUT2D eigenvalue weighted by molar-refractivity contribution is 0.585. The van der Waals surface area contributed by atoms with E-state index in [4.69, 9.17) is 11.6 Å². The summed E-state index contributed by atoms with van der Waals surface area (Å²) in [6.45, 7) is 0. The Morgan fingerprint density at radius 1 is 1.19 bits per heavy atom. The second-order valence-corrected chi connectivity index (χ2v) is 4.10. The van der Waals surface area contributed by atoms with Crippen molar-refractivity contribution < 1.29 is 8.78 Å². The van der Waals surface area contributed by atoms with E-state index in [0.717, 1.165) is 12.1 Å². The molecule has 1 heterocycles. The van der Waals surface area contributed by atoms with Crippen LogP contribution in [0, 0.1) is 11.6 Å². The zero-order valence-corrected chi connectivity index (χ0v) is 10.1. The van der Waals surface area contributed by atoms with Crippen molar-refractivity contribution in [3.8, 4) is 11.3 Å². The van der Waals surface area contributed by atoms with Gasteiger partial charge in [-0.25, -0.2) is 18.7 Å². The summed E-state index contributed by atoms with van der Waals surface area (Å²) in [7, 11) is 0. The first-order valence-corrected chi connectivity index (χ1v) is 5.38. The molecule has 0 N–H and O–H groups in total. The Kier molecular flexibility index (Phi) is 3.16. The predicted molar refractivity (Wildman–Crippen MR) is 60.1 cm³/mol. The molecule has 0 aliphatic carbocycles. The second-order valence-electron chi connectivity index (χ2n) is 2.95. The highest BCUT2D eigenvalue weighted by molar-refractivity contribution is 9.10. The van der Waals surface area contributed by atoms with Crippen molar-refractivity contribution in [3.05, 3.63) is 45.8 Å². The van der Waals surface area contributed by atoms with E-state index in [1.165, 1.54) is 12.4 Å². The van der Waals surface area contributed by atoms with Crippen molar-refractivity contribution in [2.75, 3.05) is 0 Å². The highest BCUT2D eigenvalue weighted by atomic mass is 79.9. The average Bonchev–Trinajstić information content (AvgIpc) is 2.23. The molecule has 0 aliphatic heterocycles. The van der Waals surface area contributed by atoms with Gasteiger partial charge in [0.1, 0.15) is 23.1 Å². The molecule has 0 atom stereocenters. The second kappa shape index (κ2) is 4.43. The topological polar surface area (TPSA) is 25.8 Å². The molecule has 1 aromatic heterocycles. The van der Waals surface area contributed by atoms with E-state index in [1.807, 2.05) is 0 Å². The van der Waals surface area contributed by atoms with Gasteiger partial charge in [0.2, 0.25) is 0 Å². The van der Waals surface area contributed by atoms with Crippen LogP contribution in [-0.2, 0) is 0 Å². The number of hydrogen-bond acceptors (Lipinski definition) is 2. The first-order chi connectivity index (χ1) is 7.59. The monoisotopic (exact) mass is 304 g/mol. The predicted octanol–water partition coefficient (Wildman–Crippen LogP) is 3.84. The van der Waals surface area contributed by atoms with Gasteiger partial charge in [0.15, 0.2) is 0 Å². The largest absolute Gasteiger partial charge is 0.235 e. The molecule has 0 saturated heterocycles. The fourth-order valence-electron chi connectivity index (χ4n) is 1.22. The normalized spacial score (nSPS) is 10.5. The van der Waals surface area contributed by atoms with E-state index in [0.29, 0.717) is 4.47 Å². The third-order valence-corrected chi connectivity index (χ3v) is 3.20. The molecule has 0 fully saturated rings. The van der Waals surface area contributed by atoms with E-state index in [9.17, 15) is 8.78 Å². The van der Waals surface area contributed by atoms with Gasteiger partial charge in [-0.15, -0.1) is 0 Å². The number of hydrogen-bond donors (Lipinski definition) is 0. The summed E-state index contributed by atoms with van der Waals surface area (Å²) >= 11 is 8.91. The van der Waals surface area contributed by atoms with Gasteiger partial charge in [0, 0.05) is 11.6 Å². The van der Waals surface area contributed by atoms with Crippen LogP contribution in [0.2, 0.25) is 5.15 Å². The Morgan fingerprint density at radius 2 is 1.94 bits per heavy atom. The molecule has 0 saturated carbocycles. The molecule has 0 bridgehead atoms. The number of rotatable bonds is 1. The summed E-state index contributed by atoms with van der Waals surface area (Å²) in [5, 5.41) is 0.175. The van der Waals surface area contributed by atoms with Crippen LogP contribution >= 0.6 is 27.5 Å². The van der Waals surface area contributed by atoms with Gasteiger partial charge in [-0.05, 0) is 28.1 Å². The van der Waals surface area contributed by atoms with Crippen LogP contribution in [0.25, 0.3) is 11.3 Å². The van der Waals surface area contributed by atoms with Crippen molar-refractivity contribution in [2.24, 2.45) is 0 Å². The minimum atomic E-state index is -0.699. The molecule has 0 radical (unpaired) electrons. The quantitative estimate of drug-likeness (QED) is 0.748. The minimum Gasteiger partial charge on any atom is -0.235 e. The third-order valence-electron chi connectivity index (χ3n) is 1.93. The maximum Gasteiger partial charge on any atom is 0.147 e. The van der Waals surface area contributed by atoms with Crippen LogP contribution in [0.15, 0.2) is 29.0 Å². The molecule has 0 unspecified atom stereocenters. The summed E-state index contributed by atoms with van der Waals surface area (Å²) in [6.07, 6.45) is 1.21. The highest BCUT2D eigenvalue weighted by Gasteiger charge is 2.13. The molecule has 16 heavy (non-hydrogen) atoms. The zero-order valence-electron chi connectivity index (χ0n) is 7.72. The van der Waals surface area contributed by atoms with Crippen molar-refractivity contribution >= 4 is 27.5 Å². The lowest BCUT2D eigenvalue weighted by Crippen LogP contribution is -1.92. The fourth-order valence-corrected chi connectivity index (χ4v) is 1.77. The molecule has 2 rings (SSSR count). The molecular weight excluding hydrogens is 301 g/mol. The average molecular weight is 306 g/mol. The Morgan fingerprint density at radius 3 is 2.62 bits per heavy atom. The van der Waals surface area contributed by atoms with E-state index < -0.39 is 11.6 Å². The summed E-state index contributed by atoms with van der Waals surface area (Å²) in [6, 6.07) is 3.24. The first-order valence-electron chi connectivity index (χ1n) is 4.21. The first kappa shape index (κ1) is 11.4. The molecular formula is C10H4BrClF2N2. The van der Waals surface area contributed by atoms with Crippen LogP contribution in [0.1, 0.15) is 0 Å². The van der Waals surface area contributed by atoms with Gasteiger partial charge < -0.3 is 0 Å². The maximum absolute atomic E-state index is 13.5. The van der Waals surface area contributed by atoms with Gasteiger partial charge in [0.25, 0.3) is 0 Å². The number of halogens is 4. The summed E-state index contributed by atoms with van der Waals surface area (Å²) in [4.78, 5) is 7.62. The zero-order chi connectivity index (χ0) is 11.7. The molecule has 2 nitrogen and oxygen atoms in total. The van der Waals surface area contributed by atoms with Gasteiger partial charge >= 0.3 is 0 Å². The van der Waals surface area contributed by atoms with Gasteiger partial charge in [-0.2, -0.15) is 0 Å². The number of nitrogens with zero attached hydrogens (tertiary/aromatic N) is 2. The van der Waals surface area contributed by atoms with Crippen molar-refractivity contribution in [1.82, 2.24) is 9.97 Å². The van der Waals surface area contributed by atoms with Crippen molar-refractivity contribution in [3.63, 3.8) is 0 Å². The molecule has 2 aromatic rings. The Balaban J connectivity index is 2.63. The lowest BCUT2D eigenvalue weighted by Gasteiger charge is -2.05. The highest BCUT2D eigenvalue weighted by Crippen LogP contribution is 2.31. The molecule has 82 valence electrons. The van der Waals surface area contributed by atoms with Crippen molar-refractivity contribution in [1.29, 1.82) is 0 Å². The molecule has 6 heteroatoms. The van der Waals surface area contributed by atoms with E-state index in [1.54, 1.807) is 0 Å². The van der Waals surface area contributed by atoms with Crippen LogP contribution in [0.4, 0.5) is 8.78 Å². The van der Waals surface area contributed by atoms with E-state index in [2.05, 4.69) is 25.9 Å². The summed E-state index contributed by atoms with van der Waals surface area (Å²) in [5.74, 6) is -1.34. The fraction of sp³-hybridized carbons (Fsp3) is 0. The number of aromatic nitrogens is 2. The molecule has 0 aliphatic rings. The summed E-state index contributed by atoms with van der Waals surface area (Å²) in [5.41, 5.74) is 0.454. The minimum absolute atomic E-state index is 0.164. The van der Waals surface area contributed by atoms with Crippen LogP contribution in [0.5, 0.6) is 0 Å². The molecule has 0 amide bonds. The van der Waals surface area contributed by atoms with Gasteiger partial charge in [-0.3, -0.25) is 0 Å². The van der Waals surface area contributed by atoms with Gasteiger partial charge in [0.05, 0.1) is 10.2 Å². The van der Waals surface area contributed by atoms with Crippen LogP contribution < -0.4 is 0 Å². The van der Waals surface area contributed by atoms with Crippen LogP contribution in [-0.4, -0.2) is 9.97 Å². The maximum atomic E-state index is 13.5. The molecule has 1 aromatic carbocycles.